The summed E-state index contributed by atoms with van der Waals surface area (Å²) in [6.45, 7) is 4.12. The number of rotatable bonds is 8. The summed E-state index contributed by atoms with van der Waals surface area (Å²) in [5.41, 5.74) is 2.59. The number of fused-ring (bicyclic) bond motifs is 1. The highest BCUT2D eigenvalue weighted by atomic mass is 16.6. The molecular formula is C27H25N7O5. The molecule has 1 atom stereocenters. The van der Waals surface area contributed by atoms with Crippen LogP contribution in [0.2, 0.25) is 0 Å². The minimum Gasteiger partial charge on any atom is -0.493 e. The zero-order chi connectivity index (χ0) is 27.5. The fourth-order valence-corrected chi connectivity index (χ4v) is 4.40. The molecule has 198 valence electrons. The number of non-ortho nitro benzene ring substituents is 1. The van der Waals surface area contributed by atoms with Gasteiger partial charge in [-0.05, 0) is 43.7 Å². The molecule has 4 aromatic rings. The molecule has 0 bridgehead atoms. The number of anilines is 2. The molecule has 2 aromatic carbocycles. The highest BCUT2D eigenvalue weighted by molar-refractivity contribution is 6.06. The summed E-state index contributed by atoms with van der Waals surface area (Å²) in [5.74, 6) is 1.36. The van der Waals surface area contributed by atoms with E-state index in [4.69, 9.17) is 9.47 Å². The number of nitro benzene ring substituents is 1. The van der Waals surface area contributed by atoms with Gasteiger partial charge in [0, 0.05) is 29.6 Å². The molecule has 12 nitrogen and oxygen atoms in total. The molecule has 0 spiro atoms. The molecule has 1 amide bonds. The number of carbonyl (C=O) groups is 1. The average molecular weight is 528 g/mol. The van der Waals surface area contributed by atoms with E-state index >= 15 is 0 Å². The molecule has 39 heavy (non-hydrogen) atoms. The van der Waals surface area contributed by atoms with Crippen molar-refractivity contribution in [2.75, 3.05) is 24.4 Å². The van der Waals surface area contributed by atoms with E-state index in [0.717, 1.165) is 0 Å². The lowest BCUT2D eigenvalue weighted by Gasteiger charge is -2.29. The molecule has 0 saturated heterocycles. The summed E-state index contributed by atoms with van der Waals surface area (Å²) < 4.78 is 12.8. The van der Waals surface area contributed by atoms with E-state index in [1.807, 2.05) is 13.0 Å². The molecule has 0 aliphatic carbocycles. The van der Waals surface area contributed by atoms with Crippen LogP contribution in [-0.2, 0) is 4.79 Å². The van der Waals surface area contributed by atoms with Gasteiger partial charge in [0.05, 0.1) is 36.1 Å². The van der Waals surface area contributed by atoms with Gasteiger partial charge in [-0.25, -0.2) is 4.68 Å². The van der Waals surface area contributed by atoms with Crippen LogP contribution < -0.4 is 20.1 Å². The summed E-state index contributed by atoms with van der Waals surface area (Å²) in [6, 6.07) is 14.3. The maximum atomic E-state index is 13.7. The van der Waals surface area contributed by atoms with Crippen LogP contribution in [0.1, 0.15) is 25.5 Å². The SMILES string of the molecule is CCOc1ccc(C2C(C(=O)Nc3cccnc3)=C(C)Nc3nc(-c4cccc([N+](=O)[O-])c4)nn32)cc1OC. The molecule has 0 radical (unpaired) electrons. The average Bonchev–Trinajstić information content (AvgIpc) is 3.37. The topological polar surface area (TPSA) is 146 Å². The third kappa shape index (κ3) is 4.99. The number of nitrogens with one attached hydrogen (secondary N) is 2. The molecule has 2 N–H and O–H groups in total. The van der Waals surface area contributed by atoms with Gasteiger partial charge in [-0.2, -0.15) is 4.98 Å². The van der Waals surface area contributed by atoms with Crippen LogP contribution >= 0.6 is 0 Å². The minimum absolute atomic E-state index is 0.0770. The van der Waals surface area contributed by atoms with Crippen molar-refractivity contribution in [1.82, 2.24) is 19.7 Å². The van der Waals surface area contributed by atoms with Gasteiger partial charge >= 0.3 is 0 Å². The Kier molecular flexibility index (Phi) is 6.91. The Balaban J connectivity index is 1.63. The van der Waals surface area contributed by atoms with Gasteiger partial charge in [-0.1, -0.05) is 18.2 Å². The van der Waals surface area contributed by atoms with Gasteiger partial charge in [-0.3, -0.25) is 19.9 Å². The molecular weight excluding hydrogens is 502 g/mol. The Bertz CT molecular complexity index is 1580. The molecule has 1 unspecified atom stereocenters. The van der Waals surface area contributed by atoms with Crippen molar-refractivity contribution < 1.29 is 19.2 Å². The van der Waals surface area contributed by atoms with E-state index in [9.17, 15) is 14.9 Å². The molecule has 1 aliphatic rings. The van der Waals surface area contributed by atoms with Crippen LogP contribution in [0, 0.1) is 10.1 Å². The van der Waals surface area contributed by atoms with Crippen LogP contribution in [0.15, 0.2) is 78.3 Å². The van der Waals surface area contributed by atoms with E-state index in [1.54, 1.807) is 67.5 Å². The lowest BCUT2D eigenvalue weighted by atomic mass is 9.94. The third-order valence-corrected chi connectivity index (χ3v) is 6.14. The van der Waals surface area contributed by atoms with Crippen molar-refractivity contribution >= 4 is 23.2 Å². The van der Waals surface area contributed by atoms with Crippen LogP contribution in [0.3, 0.4) is 0 Å². The van der Waals surface area contributed by atoms with Gasteiger partial charge in [-0.15, -0.1) is 5.10 Å². The van der Waals surface area contributed by atoms with Crippen molar-refractivity contribution in [2.45, 2.75) is 19.9 Å². The number of ether oxygens (including phenoxy) is 2. The fourth-order valence-electron chi connectivity index (χ4n) is 4.40. The molecule has 1 aliphatic heterocycles. The van der Waals surface area contributed by atoms with Crippen molar-refractivity contribution in [2.24, 2.45) is 0 Å². The highest BCUT2D eigenvalue weighted by Crippen LogP contribution is 2.40. The second-order valence-corrected chi connectivity index (χ2v) is 8.62. The molecule has 0 saturated carbocycles. The monoisotopic (exact) mass is 527 g/mol. The first kappa shape index (κ1) is 25.4. The number of nitro groups is 1. The van der Waals surface area contributed by atoms with Crippen LogP contribution in [0.4, 0.5) is 17.3 Å². The number of pyridine rings is 1. The molecule has 0 fully saturated rings. The summed E-state index contributed by atoms with van der Waals surface area (Å²) in [6.07, 6.45) is 3.18. The number of carbonyl (C=O) groups excluding carboxylic acids is 1. The number of hydrogen-bond donors (Lipinski definition) is 2. The van der Waals surface area contributed by atoms with Crippen LogP contribution in [0.5, 0.6) is 11.5 Å². The van der Waals surface area contributed by atoms with Gasteiger partial charge in [0.15, 0.2) is 17.3 Å². The Morgan fingerprint density at radius 1 is 1.18 bits per heavy atom. The van der Waals surface area contributed by atoms with Gasteiger partial charge in [0.2, 0.25) is 5.95 Å². The maximum absolute atomic E-state index is 13.7. The number of allylic oxidation sites excluding steroid dienone is 1. The first-order chi connectivity index (χ1) is 18.9. The summed E-state index contributed by atoms with van der Waals surface area (Å²) >= 11 is 0. The van der Waals surface area contributed by atoms with Crippen LogP contribution in [-0.4, -0.2) is 44.3 Å². The Labute approximate surface area is 223 Å². The number of amides is 1. The fraction of sp³-hybridized carbons (Fsp3) is 0.185. The van der Waals surface area contributed by atoms with E-state index in [-0.39, 0.29) is 17.4 Å². The molecule has 5 rings (SSSR count). The molecule has 12 heteroatoms. The van der Waals surface area contributed by atoms with E-state index < -0.39 is 11.0 Å². The Morgan fingerprint density at radius 2 is 2.03 bits per heavy atom. The number of aromatic nitrogens is 4. The predicted octanol–water partition coefficient (Wildman–Crippen LogP) is 4.58. The van der Waals surface area contributed by atoms with Gasteiger partial charge in [0.25, 0.3) is 11.6 Å². The molecule has 3 heterocycles. The zero-order valence-electron chi connectivity index (χ0n) is 21.4. The maximum Gasteiger partial charge on any atom is 0.270 e. The number of nitrogens with zero attached hydrogens (tertiary/aromatic N) is 5. The summed E-state index contributed by atoms with van der Waals surface area (Å²) in [4.78, 5) is 33.2. The standard InChI is InChI=1S/C27H25N7O5/c1-4-39-21-11-10-17(14-22(21)38-3)24-23(26(35)30-19-8-6-12-28-15-19)16(2)29-27-31-25(32-33(24)27)18-7-5-9-20(13-18)34(36)37/h5-15,24H,4H2,1-3H3,(H,30,35)(H,29,31,32). The minimum atomic E-state index is -0.706. The quantitative estimate of drug-likeness (QED) is 0.248. The lowest BCUT2D eigenvalue weighted by Crippen LogP contribution is -2.31. The van der Waals surface area contributed by atoms with Gasteiger partial charge < -0.3 is 20.1 Å². The second-order valence-electron chi connectivity index (χ2n) is 8.62. The largest absolute Gasteiger partial charge is 0.493 e. The van der Waals surface area contributed by atoms with Crippen LogP contribution in [0.25, 0.3) is 11.4 Å². The van der Waals surface area contributed by atoms with Gasteiger partial charge in [0.1, 0.15) is 6.04 Å². The van der Waals surface area contributed by atoms with Crippen molar-refractivity contribution in [3.05, 3.63) is 93.9 Å². The first-order valence-corrected chi connectivity index (χ1v) is 12.1. The van der Waals surface area contributed by atoms with Crippen molar-refractivity contribution in [3.8, 4) is 22.9 Å². The summed E-state index contributed by atoms with van der Waals surface area (Å²) in [7, 11) is 1.54. The van der Waals surface area contributed by atoms with E-state index in [1.165, 1.54) is 12.1 Å². The van der Waals surface area contributed by atoms with Crippen molar-refractivity contribution in [1.29, 1.82) is 0 Å². The summed E-state index contributed by atoms with van der Waals surface area (Å²) in [5, 5.41) is 22.1. The first-order valence-electron chi connectivity index (χ1n) is 12.1. The molecule has 2 aromatic heterocycles. The predicted molar refractivity (Wildman–Crippen MR) is 144 cm³/mol. The number of hydrogen-bond acceptors (Lipinski definition) is 9. The second kappa shape index (κ2) is 10.6. The van der Waals surface area contributed by atoms with Crippen molar-refractivity contribution in [3.63, 3.8) is 0 Å². The zero-order valence-corrected chi connectivity index (χ0v) is 21.4. The lowest BCUT2D eigenvalue weighted by molar-refractivity contribution is -0.384. The number of methoxy groups -OCH3 is 1. The normalized spacial score (nSPS) is 14.3. The number of benzene rings is 2. The van der Waals surface area contributed by atoms with E-state index in [2.05, 4.69) is 25.7 Å². The Hall–Kier alpha value is -5.26. The highest BCUT2D eigenvalue weighted by Gasteiger charge is 2.35. The third-order valence-electron chi connectivity index (χ3n) is 6.14. The smallest absolute Gasteiger partial charge is 0.270 e. The van der Waals surface area contributed by atoms with E-state index in [0.29, 0.717) is 52.1 Å². The Morgan fingerprint density at radius 3 is 2.74 bits per heavy atom.